The first-order valence-corrected chi connectivity index (χ1v) is 6.40. The second-order valence-corrected chi connectivity index (χ2v) is 4.81. The fraction of sp³-hybridized carbons (Fsp3) is 0.250. The molecule has 1 aromatic heterocycles. The highest BCUT2D eigenvalue weighted by molar-refractivity contribution is 6.08. The molecular weight excluding hydrogens is 225 g/mol. The van der Waals surface area contributed by atoms with E-state index in [0.717, 1.165) is 22.7 Å². The Morgan fingerprint density at radius 3 is 2.56 bits per heavy atom. The first-order chi connectivity index (χ1) is 8.72. The van der Waals surface area contributed by atoms with Crippen molar-refractivity contribution in [2.75, 3.05) is 0 Å². The minimum absolute atomic E-state index is 0.172. The van der Waals surface area contributed by atoms with E-state index in [9.17, 15) is 4.39 Å². The quantitative estimate of drug-likeness (QED) is 0.601. The van der Waals surface area contributed by atoms with Crippen LogP contribution >= 0.6 is 0 Å². The average Bonchev–Trinajstić information content (AvgIpc) is 2.72. The second kappa shape index (κ2) is 4.13. The summed E-state index contributed by atoms with van der Waals surface area (Å²) in [4.78, 5) is 0. The van der Waals surface area contributed by atoms with Gasteiger partial charge in [-0.1, -0.05) is 25.1 Å². The van der Waals surface area contributed by atoms with Crippen molar-refractivity contribution in [1.82, 2.24) is 4.57 Å². The molecule has 0 aliphatic rings. The number of para-hydroxylation sites is 1. The highest BCUT2D eigenvalue weighted by Crippen LogP contribution is 2.32. The van der Waals surface area contributed by atoms with Crippen LogP contribution < -0.4 is 0 Å². The number of halogens is 1. The molecule has 0 amide bonds. The zero-order valence-corrected chi connectivity index (χ0v) is 10.7. The maximum Gasteiger partial charge on any atom is 0.123 e. The van der Waals surface area contributed by atoms with Gasteiger partial charge in [-0.15, -0.1) is 0 Å². The van der Waals surface area contributed by atoms with E-state index in [0.29, 0.717) is 6.04 Å². The number of rotatable bonds is 2. The van der Waals surface area contributed by atoms with E-state index in [1.165, 1.54) is 5.52 Å². The van der Waals surface area contributed by atoms with E-state index in [1.807, 2.05) is 18.2 Å². The third kappa shape index (κ3) is 1.52. The lowest BCUT2D eigenvalue weighted by molar-refractivity contribution is 0.562. The van der Waals surface area contributed by atoms with Crippen molar-refractivity contribution in [1.29, 1.82) is 0 Å². The predicted octanol–water partition coefficient (Wildman–Crippen LogP) is 4.90. The van der Waals surface area contributed by atoms with Crippen LogP contribution in [0, 0.1) is 5.82 Å². The molecule has 1 nitrogen and oxygen atoms in total. The van der Waals surface area contributed by atoms with Gasteiger partial charge in [0, 0.05) is 27.8 Å². The fourth-order valence-corrected chi connectivity index (χ4v) is 2.63. The number of hydrogen-bond donors (Lipinski definition) is 0. The zero-order chi connectivity index (χ0) is 12.7. The highest BCUT2D eigenvalue weighted by atomic mass is 19.1. The summed E-state index contributed by atoms with van der Waals surface area (Å²) >= 11 is 0. The van der Waals surface area contributed by atoms with Gasteiger partial charge in [0.2, 0.25) is 0 Å². The van der Waals surface area contributed by atoms with E-state index in [4.69, 9.17) is 0 Å². The Morgan fingerprint density at radius 2 is 1.78 bits per heavy atom. The molecule has 0 aliphatic heterocycles. The molecule has 0 N–H and O–H groups in total. The van der Waals surface area contributed by atoms with E-state index >= 15 is 0 Å². The van der Waals surface area contributed by atoms with Gasteiger partial charge in [0.25, 0.3) is 0 Å². The first kappa shape index (κ1) is 11.3. The van der Waals surface area contributed by atoms with Crippen LogP contribution in [0.1, 0.15) is 26.3 Å². The lowest BCUT2D eigenvalue weighted by Crippen LogP contribution is -2.02. The summed E-state index contributed by atoms with van der Waals surface area (Å²) in [5.41, 5.74) is 2.31. The smallest absolute Gasteiger partial charge is 0.123 e. The number of benzene rings is 2. The van der Waals surface area contributed by atoms with Gasteiger partial charge in [-0.25, -0.2) is 4.39 Å². The number of hydrogen-bond acceptors (Lipinski definition) is 0. The molecular formula is C16H16FN. The molecule has 0 aliphatic carbocycles. The van der Waals surface area contributed by atoms with Gasteiger partial charge < -0.3 is 4.57 Å². The summed E-state index contributed by atoms with van der Waals surface area (Å²) in [6, 6.07) is 13.7. The second-order valence-electron chi connectivity index (χ2n) is 4.81. The van der Waals surface area contributed by atoms with Crippen molar-refractivity contribution in [3.05, 3.63) is 48.3 Å². The maximum absolute atomic E-state index is 13.4. The first-order valence-electron chi connectivity index (χ1n) is 6.40. The molecule has 0 saturated carbocycles. The minimum atomic E-state index is -0.172. The lowest BCUT2D eigenvalue weighted by Gasteiger charge is -2.14. The Balaban J connectivity index is 2.49. The Bertz CT molecular complexity index is 712. The topological polar surface area (TPSA) is 4.93 Å². The van der Waals surface area contributed by atoms with Crippen molar-refractivity contribution >= 4 is 21.8 Å². The van der Waals surface area contributed by atoms with Crippen molar-refractivity contribution in [2.45, 2.75) is 26.3 Å². The molecule has 2 heteroatoms. The molecule has 2 aromatic carbocycles. The normalized spacial score (nSPS) is 13.3. The number of aromatic nitrogens is 1. The van der Waals surface area contributed by atoms with E-state index < -0.39 is 0 Å². The summed E-state index contributed by atoms with van der Waals surface area (Å²) in [5, 5.41) is 2.14. The van der Waals surface area contributed by atoms with Gasteiger partial charge in [-0.05, 0) is 37.6 Å². The Kier molecular flexibility index (Phi) is 2.58. The van der Waals surface area contributed by atoms with Crippen LogP contribution in [0.25, 0.3) is 21.8 Å². The standard InChI is InChI=1S/C16H16FN/c1-3-11(2)18-15-7-5-4-6-13(15)14-10-12(17)8-9-16(14)18/h4-11H,3H2,1-2H3. The van der Waals surface area contributed by atoms with Crippen molar-refractivity contribution in [2.24, 2.45) is 0 Å². The number of fused-ring (bicyclic) bond motifs is 3. The molecule has 0 fully saturated rings. The Morgan fingerprint density at radius 1 is 1.06 bits per heavy atom. The molecule has 0 spiro atoms. The molecule has 3 aromatic rings. The van der Waals surface area contributed by atoms with Crippen LogP contribution in [0.15, 0.2) is 42.5 Å². The van der Waals surface area contributed by atoms with Gasteiger partial charge >= 0.3 is 0 Å². The molecule has 0 bridgehead atoms. The van der Waals surface area contributed by atoms with E-state index in [-0.39, 0.29) is 5.82 Å². The van der Waals surface area contributed by atoms with Crippen molar-refractivity contribution in [3.63, 3.8) is 0 Å². The van der Waals surface area contributed by atoms with E-state index in [1.54, 1.807) is 12.1 Å². The van der Waals surface area contributed by atoms with Gasteiger partial charge in [0.1, 0.15) is 5.82 Å². The summed E-state index contributed by atoms with van der Waals surface area (Å²) in [6.45, 7) is 4.38. The minimum Gasteiger partial charge on any atom is -0.338 e. The Labute approximate surface area is 106 Å². The van der Waals surface area contributed by atoms with Crippen LogP contribution in [-0.4, -0.2) is 4.57 Å². The largest absolute Gasteiger partial charge is 0.338 e. The summed E-state index contributed by atoms with van der Waals surface area (Å²) in [5.74, 6) is -0.172. The van der Waals surface area contributed by atoms with E-state index in [2.05, 4.69) is 30.5 Å². The van der Waals surface area contributed by atoms with Crippen LogP contribution in [0.2, 0.25) is 0 Å². The SMILES string of the molecule is CCC(C)n1c2ccccc2c2cc(F)ccc21. The third-order valence-electron chi connectivity index (χ3n) is 3.70. The molecule has 92 valence electrons. The fourth-order valence-electron chi connectivity index (χ4n) is 2.63. The molecule has 0 saturated heterocycles. The average molecular weight is 241 g/mol. The lowest BCUT2D eigenvalue weighted by atomic mass is 10.1. The Hall–Kier alpha value is -1.83. The molecule has 18 heavy (non-hydrogen) atoms. The van der Waals surface area contributed by atoms with Gasteiger partial charge in [-0.2, -0.15) is 0 Å². The van der Waals surface area contributed by atoms with Crippen LogP contribution in [-0.2, 0) is 0 Å². The van der Waals surface area contributed by atoms with Crippen LogP contribution in [0.5, 0.6) is 0 Å². The van der Waals surface area contributed by atoms with Crippen molar-refractivity contribution in [3.8, 4) is 0 Å². The van der Waals surface area contributed by atoms with Gasteiger partial charge in [-0.3, -0.25) is 0 Å². The molecule has 3 rings (SSSR count). The predicted molar refractivity (Wildman–Crippen MR) is 74.4 cm³/mol. The summed E-state index contributed by atoms with van der Waals surface area (Å²) < 4.78 is 15.8. The molecule has 1 unspecified atom stereocenters. The number of nitrogens with zero attached hydrogens (tertiary/aromatic N) is 1. The zero-order valence-electron chi connectivity index (χ0n) is 10.7. The molecule has 0 radical (unpaired) electrons. The summed E-state index contributed by atoms with van der Waals surface area (Å²) in [6.07, 6.45) is 1.06. The summed E-state index contributed by atoms with van der Waals surface area (Å²) in [7, 11) is 0. The van der Waals surface area contributed by atoms with Gasteiger partial charge in [0.15, 0.2) is 0 Å². The van der Waals surface area contributed by atoms with Crippen molar-refractivity contribution < 1.29 is 4.39 Å². The highest BCUT2D eigenvalue weighted by Gasteiger charge is 2.13. The molecule has 1 heterocycles. The third-order valence-corrected chi connectivity index (χ3v) is 3.70. The maximum atomic E-state index is 13.4. The molecule has 1 atom stereocenters. The van der Waals surface area contributed by atoms with Crippen LogP contribution in [0.4, 0.5) is 4.39 Å². The van der Waals surface area contributed by atoms with Gasteiger partial charge in [0.05, 0.1) is 0 Å². The van der Waals surface area contributed by atoms with Crippen LogP contribution in [0.3, 0.4) is 0 Å². The monoisotopic (exact) mass is 241 g/mol.